The van der Waals surface area contributed by atoms with E-state index in [1.54, 1.807) is 38.5 Å². The van der Waals surface area contributed by atoms with Crippen LogP contribution in [0, 0.1) is 0 Å². The first-order valence-electron chi connectivity index (χ1n) is 11.6. The SMILES string of the molecule is COc1ccc(CCn2c(=O)[nH]c3cc(C(=O)NCc4ccc5c(c4)OCO5)ccc3c2=O)cc1OC. The van der Waals surface area contributed by atoms with Crippen LogP contribution in [0.2, 0.25) is 0 Å². The van der Waals surface area contributed by atoms with E-state index in [0.29, 0.717) is 45.9 Å². The molecule has 1 aromatic heterocycles. The number of nitrogens with zero attached hydrogens (tertiary/aromatic N) is 1. The minimum absolute atomic E-state index is 0.178. The zero-order valence-electron chi connectivity index (χ0n) is 20.3. The molecule has 37 heavy (non-hydrogen) atoms. The first-order valence-corrected chi connectivity index (χ1v) is 11.6. The number of aryl methyl sites for hydroxylation is 1. The van der Waals surface area contributed by atoms with Crippen molar-refractivity contribution in [3.8, 4) is 23.0 Å². The summed E-state index contributed by atoms with van der Waals surface area (Å²) in [4.78, 5) is 41.2. The van der Waals surface area contributed by atoms with E-state index in [1.165, 1.54) is 6.07 Å². The molecule has 0 atom stereocenters. The van der Waals surface area contributed by atoms with Crippen LogP contribution >= 0.6 is 0 Å². The van der Waals surface area contributed by atoms with Crippen molar-refractivity contribution in [3.63, 3.8) is 0 Å². The highest BCUT2D eigenvalue weighted by molar-refractivity contribution is 5.97. The van der Waals surface area contributed by atoms with Gasteiger partial charge in [0.25, 0.3) is 11.5 Å². The fourth-order valence-electron chi connectivity index (χ4n) is 4.21. The molecule has 0 saturated carbocycles. The predicted molar refractivity (Wildman–Crippen MR) is 136 cm³/mol. The molecule has 2 N–H and O–H groups in total. The Morgan fingerprint density at radius 3 is 2.54 bits per heavy atom. The fraction of sp³-hybridized carbons (Fsp3) is 0.222. The molecular weight excluding hydrogens is 478 g/mol. The van der Waals surface area contributed by atoms with Crippen molar-refractivity contribution < 1.29 is 23.7 Å². The Bertz CT molecular complexity index is 1610. The topological polar surface area (TPSA) is 121 Å². The number of ether oxygens (including phenoxy) is 4. The van der Waals surface area contributed by atoms with Crippen LogP contribution in [0.15, 0.2) is 64.2 Å². The minimum Gasteiger partial charge on any atom is -0.493 e. The summed E-state index contributed by atoms with van der Waals surface area (Å²) in [6.07, 6.45) is 0.440. The third kappa shape index (κ3) is 4.86. The van der Waals surface area contributed by atoms with Gasteiger partial charge in [0, 0.05) is 18.7 Å². The normalized spacial score (nSPS) is 11.9. The number of H-pyrrole nitrogens is 1. The summed E-state index contributed by atoms with van der Waals surface area (Å²) in [6, 6.07) is 15.5. The van der Waals surface area contributed by atoms with Crippen LogP contribution in [-0.2, 0) is 19.5 Å². The number of benzene rings is 3. The number of carbonyl (C=O) groups excluding carboxylic acids is 1. The van der Waals surface area contributed by atoms with E-state index in [-0.39, 0.29) is 25.8 Å². The lowest BCUT2D eigenvalue weighted by Crippen LogP contribution is -2.35. The number of hydrogen-bond donors (Lipinski definition) is 2. The second kappa shape index (κ2) is 10.1. The lowest BCUT2D eigenvalue weighted by Gasteiger charge is -2.11. The summed E-state index contributed by atoms with van der Waals surface area (Å²) in [5, 5.41) is 3.16. The smallest absolute Gasteiger partial charge is 0.328 e. The number of fused-ring (bicyclic) bond motifs is 2. The number of carbonyl (C=O) groups is 1. The van der Waals surface area contributed by atoms with Gasteiger partial charge in [0.1, 0.15) is 0 Å². The van der Waals surface area contributed by atoms with Gasteiger partial charge >= 0.3 is 5.69 Å². The average Bonchev–Trinajstić information content (AvgIpc) is 3.39. The summed E-state index contributed by atoms with van der Waals surface area (Å²) in [6.45, 7) is 0.636. The molecule has 0 bridgehead atoms. The molecule has 5 rings (SSSR count). The molecule has 0 spiro atoms. The first-order chi connectivity index (χ1) is 18.0. The Balaban J connectivity index is 1.31. The van der Waals surface area contributed by atoms with Gasteiger partial charge in [0.05, 0.1) is 25.1 Å². The molecular formula is C27H25N3O7. The molecule has 2 heterocycles. The molecule has 3 aromatic carbocycles. The third-order valence-corrected chi connectivity index (χ3v) is 6.21. The van der Waals surface area contributed by atoms with Crippen molar-refractivity contribution in [3.05, 3.63) is 92.1 Å². The fourth-order valence-corrected chi connectivity index (χ4v) is 4.21. The van der Waals surface area contributed by atoms with Crippen LogP contribution in [-0.4, -0.2) is 36.5 Å². The zero-order chi connectivity index (χ0) is 25.9. The number of hydrogen-bond acceptors (Lipinski definition) is 7. The summed E-state index contributed by atoms with van der Waals surface area (Å²) in [5.74, 6) is 2.14. The minimum atomic E-state index is -0.545. The van der Waals surface area contributed by atoms with Gasteiger partial charge in [0.15, 0.2) is 23.0 Å². The molecule has 4 aromatic rings. The molecule has 10 heteroatoms. The Kier molecular flexibility index (Phi) is 6.55. The lowest BCUT2D eigenvalue weighted by atomic mass is 10.1. The van der Waals surface area contributed by atoms with Crippen molar-refractivity contribution in [2.75, 3.05) is 21.0 Å². The number of aromatic amines is 1. The van der Waals surface area contributed by atoms with Gasteiger partial charge in [-0.15, -0.1) is 0 Å². The quantitative estimate of drug-likeness (QED) is 0.379. The van der Waals surface area contributed by atoms with Gasteiger partial charge in [-0.05, 0) is 60.0 Å². The molecule has 0 unspecified atom stereocenters. The third-order valence-electron chi connectivity index (χ3n) is 6.21. The maximum Gasteiger partial charge on any atom is 0.328 e. The molecule has 0 fully saturated rings. The summed E-state index contributed by atoms with van der Waals surface area (Å²) in [5.41, 5.74) is 1.39. The van der Waals surface area contributed by atoms with Crippen LogP contribution in [0.4, 0.5) is 0 Å². The number of aromatic nitrogens is 2. The van der Waals surface area contributed by atoms with E-state index < -0.39 is 11.2 Å². The van der Waals surface area contributed by atoms with Gasteiger partial charge in [-0.2, -0.15) is 0 Å². The Hall–Kier alpha value is -4.73. The van der Waals surface area contributed by atoms with E-state index in [1.807, 2.05) is 24.3 Å². The van der Waals surface area contributed by atoms with Gasteiger partial charge < -0.3 is 29.2 Å². The van der Waals surface area contributed by atoms with Crippen LogP contribution in [0.25, 0.3) is 10.9 Å². The van der Waals surface area contributed by atoms with Crippen molar-refractivity contribution in [1.82, 2.24) is 14.9 Å². The molecule has 1 amide bonds. The molecule has 0 radical (unpaired) electrons. The standard InChI is InChI=1S/C27H25N3O7/c1-34-21-7-3-16(11-23(21)35-2)9-10-30-26(32)19-6-5-18(13-20(19)29-27(30)33)25(31)28-14-17-4-8-22-24(12-17)37-15-36-22/h3-8,11-13H,9-10,14-15H2,1-2H3,(H,28,31)(H,29,33). The Morgan fingerprint density at radius 2 is 1.73 bits per heavy atom. The van der Waals surface area contributed by atoms with Crippen molar-refractivity contribution in [1.29, 1.82) is 0 Å². The zero-order valence-corrected chi connectivity index (χ0v) is 20.3. The summed E-state index contributed by atoms with van der Waals surface area (Å²) in [7, 11) is 3.10. The molecule has 1 aliphatic heterocycles. The Morgan fingerprint density at radius 1 is 0.946 bits per heavy atom. The molecule has 10 nitrogen and oxygen atoms in total. The van der Waals surface area contributed by atoms with E-state index >= 15 is 0 Å². The van der Waals surface area contributed by atoms with E-state index in [2.05, 4.69) is 10.3 Å². The van der Waals surface area contributed by atoms with E-state index in [0.717, 1.165) is 15.7 Å². The predicted octanol–water partition coefficient (Wildman–Crippen LogP) is 2.61. The second-order valence-corrected chi connectivity index (χ2v) is 8.46. The second-order valence-electron chi connectivity index (χ2n) is 8.46. The van der Waals surface area contributed by atoms with Gasteiger partial charge in [-0.25, -0.2) is 4.79 Å². The van der Waals surface area contributed by atoms with E-state index in [9.17, 15) is 14.4 Å². The lowest BCUT2D eigenvalue weighted by molar-refractivity contribution is 0.0951. The van der Waals surface area contributed by atoms with Crippen molar-refractivity contribution >= 4 is 16.8 Å². The highest BCUT2D eigenvalue weighted by Gasteiger charge is 2.15. The summed E-state index contributed by atoms with van der Waals surface area (Å²) >= 11 is 0. The van der Waals surface area contributed by atoms with Crippen molar-refractivity contribution in [2.45, 2.75) is 19.5 Å². The average molecular weight is 504 g/mol. The van der Waals surface area contributed by atoms with Crippen LogP contribution < -0.4 is 35.5 Å². The highest BCUT2D eigenvalue weighted by atomic mass is 16.7. The maximum atomic E-state index is 13.1. The van der Waals surface area contributed by atoms with Crippen LogP contribution in [0.1, 0.15) is 21.5 Å². The van der Waals surface area contributed by atoms with Crippen molar-refractivity contribution in [2.24, 2.45) is 0 Å². The molecule has 0 aliphatic carbocycles. The molecule has 0 saturated heterocycles. The molecule has 1 aliphatic rings. The van der Waals surface area contributed by atoms with Gasteiger partial charge in [-0.1, -0.05) is 12.1 Å². The van der Waals surface area contributed by atoms with Gasteiger partial charge in [0.2, 0.25) is 6.79 Å². The first kappa shape index (κ1) is 24.0. The maximum absolute atomic E-state index is 13.1. The number of rotatable bonds is 8. The number of amides is 1. The van der Waals surface area contributed by atoms with Crippen LogP contribution in [0.3, 0.4) is 0 Å². The van der Waals surface area contributed by atoms with Gasteiger partial charge in [-0.3, -0.25) is 14.2 Å². The Labute approximate surface area is 211 Å². The largest absolute Gasteiger partial charge is 0.493 e. The number of methoxy groups -OCH3 is 2. The summed E-state index contributed by atoms with van der Waals surface area (Å²) < 4.78 is 22.4. The van der Waals surface area contributed by atoms with E-state index in [4.69, 9.17) is 18.9 Å². The number of nitrogens with one attached hydrogen (secondary N) is 2. The highest BCUT2D eigenvalue weighted by Crippen LogP contribution is 2.32. The monoisotopic (exact) mass is 503 g/mol. The van der Waals surface area contributed by atoms with Crippen LogP contribution in [0.5, 0.6) is 23.0 Å². The molecule has 190 valence electrons.